The molecule has 0 aromatic heterocycles. The van der Waals surface area contributed by atoms with Gasteiger partial charge in [-0.3, -0.25) is 15.0 Å². The lowest BCUT2D eigenvalue weighted by Crippen LogP contribution is -2.43. The summed E-state index contributed by atoms with van der Waals surface area (Å²) in [5, 5.41) is 20.2. The van der Waals surface area contributed by atoms with Crippen molar-refractivity contribution in [1.29, 1.82) is 0 Å². The zero-order valence-corrected chi connectivity index (χ0v) is 15.1. The highest BCUT2D eigenvalue weighted by Gasteiger charge is 2.42. The molecule has 9 heteroatoms. The van der Waals surface area contributed by atoms with E-state index >= 15 is 0 Å². The van der Waals surface area contributed by atoms with Crippen LogP contribution >= 0.6 is 0 Å². The summed E-state index contributed by atoms with van der Waals surface area (Å²) in [6.45, 7) is 6.74. The standard InChI is InChI=1S/C17H22N2O7/c1-10-7-11(5-6-13(10)19(23)24)25-12-8-14(15(20)21)18(9-12)16(22)26-17(2,3)4/h5-7,12,14H,8-9H2,1-4H3,(H,20,21). The molecule has 2 atom stereocenters. The summed E-state index contributed by atoms with van der Waals surface area (Å²) < 4.78 is 11.0. The van der Waals surface area contributed by atoms with Crippen LogP contribution in [0.4, 0.5) is 10.5 Å². The molecule has 0 spiro atoms. The van der Waals surface area contributed by atoms with Crippen LogP contribution in [-0.4, -0.2) is 51.3 Å². The third-order valence-electron chi connectivity index (χ3n) is 3.84. The highest BCUT2D eigenvalue weighted by atomic mass is 16.6. The summed E-state index contributed by atoms with van der Waals surface area (Å²) in [7, 11) is 0. The number of nitro groups is 1. The number of aryl methyl sites for hydroxylation is 1. The zero-order valence-electron chi connectivity index (χ0n) is 15.1. The first-order valence-corrected chi connectivity index (χ1v) is 8.12. The van der Waals surface area contributed by atoms with E-state index in [9.17, 15) is 24.8 Å². The molecule has 1 N–H and O–H groups in total. The SMILES string of the molecule is Cc1cc(OC2CC(C(=O)O)N(C(=O)OC(C)(C)C)C2)ccc1[N+](=O)[O-]. The monoisotopic (exact) mass is 366 g/mol. The fourth-order valence-corrected chi connectivity index (χ4v) is 2.74. The van der Waals surface area contributed by atoms with Gasteiger partial charge in [0.15, 0.2) is 0 Å². The third kappa shape index (κ3) is 4.62. The van der Waals surface area contributed by atoms with Crippen LogP contribution in [0.15, 0.2) is 18.2 Å². The smallest absolute Gasteiger partial charge is 0.411 e. The fourth-order valence-electron chi connectivity index (χ4n) is 2.74. The molecule has 0 aliphatic carbocycles. The Labute approximate surface area is 150 Å². The van der Waals surface area contributed by atoms with Crippen LogP contribution < -0.4 is 4.74 Å². The molecule has 9 nitrogen and oxygen atoms in total. The second kappa shape index (κ2) is 7.19. The molecule has 0 saturated carbocycles. The molecule has 1 aromatic rings. The lowest BCUT2D eigenvalue weighted by molar-refractivity contribution is -0.385. The van der Waals surface area contributed by atoms with Crippen molar-refractivity contribution in [2.75, 3.05) is 6.54 Å². The number of carbonyl (C=O) groups excluding carboxylic acids is 1. The summed E-state index contributed by atoms with van der Waals surface area (Å²) in [6, 6.07) is 3.26. The molecule has 0 bridgehead atoms. The van der Waals surface area contributed by atoms with Gasteiger partial charge >= 0.3 is 12.1 Å². The van der Waals surface area contributed by atoms with Crippen LogP contribution in [0.1, 0.15) is 32.8 Å². The Bertz CT molecular complexity index is 726. The van der Waals surface area contributed by atoms with Crippen LogP contribution in [-0.2, 0) is 9.53 Å². The van der Waals surface area contributed by atoms with Crippen LogP contribution in [0.2, 0.25) is 0 Å². The first-order valence-electron chi connectivity index (χ1n) is 8.12. The zero-order chi connectivity index (χ0) is 19.6. The molecular formula is C17H22N2O7. The van der Waals surface area contributed by atoms with E-state index in [-0.39, 0.29) is 18.7 Å². The Balaban J connectivity index is 2.12. The summed E-state index contributed by atoms with van der Waals surface area (Å²) in [5.41, 5.74) is -0.332. The van der Waals surface area contributed by atoms with E-state index in [0.29, 0.717) is 11.3 Å². The minimum atomic E-state index is -1.14. The Hall–Kier alpha value is -2.84. The minimum Gasteiger partial charge on any atom is -0.488 e. The number of nitrogens with zero attached hydrogens (tertiary/aromatic N) is 2. The van der Waals surface area contributed by atoms with E-state index in [0.717, 1.165) is 4.90 Å². The predicted molar refractivity (Wildman–Crippen MR) is 91.2 cm³/mol. The van der Waals surface area contributed by atoms with Crippen molar-refractivity contribution < 1.29 is 29.1 Å². The quantitative estimate of drug-likeness (QED) is 0.642. The second-order valence-electron chi connectivity index (χ2n) is 7.17. The van der Waals surface area contributed by atoms with Crippen LogP contribution in [0.25, 0.3) is 0 Å². The highest BCUT2D eigenvalue weighted by molar-refractivity contribution is 5.81. The third-order valence-corrected chi connectivity index (χ3v) is 3.84. The lowest BCUT2D eigenvalue weighted by Gasteiger charge is -2.26. The van der Waals surface area contributed by atoms with Crippen LogP contribution in [0.5, 0.6) is 5.75 Å². The summed E-state index contributed by atoms with van der Waals surface area (Å²) in [4.78, 5) is 35.2. The molecule has 1 heterocycles. The Morgan fingerprint density at radius 3 is 2.50 bits per heavy atom. The van der Waals surface area contributed by atoms with Gasteiger partial charge in [-0.15, -0.1) is 0 Å². The number of carboxylic acids is 1. The maximum Gasteiger partial charge on any atom is 0.411 e. The molecule has 2 unspecified atom stereocenters. The number of ether oxygens (including phenoxy) is 2. The molecule has 0 radical (unpaired) electrons. The van der Waals surface area contributed by atoms with Crippen molar-refractivity contribution in [1.82, 2.24) is 4.90 Å². The van der Waals surface area contributed by atoms with E-state index in [4.69, 9.17) is 9.47 Å². The summed E-state index contributed by atoms with van der Waals surface area (Å²) in [6.07, 6.45) is -1.16. The van der Waals surface area contributed by atoms with Gasteiger partial charge in [-0.05, 0) is 39.8 Å². The van der Waals surface area contributed by atoms with Crippen LogP contribution in [0, 0.1) is 17.0 Å². The van der Waals surface area contributed by atoms with Crippen molar-refractivity contribution in [2.45, 2.75) is 51.9 Å². The molecule has 26 heavy (non-hydrogen) atoms. The molecule has 1 aromatic carbocycles. The largest absolute Gasteiger partial charge is 0.488 e. The Morgan fingerprint density at radius 2 is 2.00 bits per heavy atom. The van der Waals surface area contributed by atoms with E-state index in [1.165, 1.54) is 18.2 Å². The van der Waals surface area contributed by atoms with Gasteiger partial charge in [0.2, 0.25) is 0 Å². The van der Waals surface area contributed by atoms with Crippen molar-refractivity contribution in [3.05, 3.63) is 33.9 Å². The average molecular weight is 366 g/mol. The summed E-state index contributed by atoms with van der Waals surface area (Å²) >= 11 is 0. The normalized spacial score (nSPS) is 19.9. The van der Waals surface area contributed by atoms with E-state index in [1.54, 1.807) is 27.7 Å². The molecule has 1 saturated heterocycles. The molecule has 1 fully saturated rings. The lowest BCUT2D eigenvalue weighted by atomic mass is 10.2. The average Bonchev–Trinajstić information content (AvgIpc) is 2.89. The van der Waals surface area contributed by atoms with E-state index in [1.807, 2.05) is 0 Å². The fraction of sp³-hybridized carbons (Fsp3) is 0.529. The second-order valence-corrected chi connectivity index (χ2v) is 7.17. The van der Waals surface area contributed by atoms with E-state index in [2.05, 4.69) is 0 Å². The van der Waals surface area contributed by atoms with Gasteiger partial charge in [0.1, 0.15) is 23.5 Å². The predicted octanol–water partition coefficient (Wildman–Crippen LogP) is 2.74. The number of nitro benzene ring substituents is 1. The highest BCUT2D eigenvalue weighted by Crippen LogP contribution is 2.28. The number of carboxylic acid groups (broad SMARTS) is 1. The minimum absolute atomic E-state index is 0.0254. The number of hydrogen-bond acceptors (Lipinski definition) is 6. The first-order chi connectivity index (χ1) is 12.0. The molecule has 1 aliphatic heterocycles. The Kier molecular flexibility index (Phi) is 5.38. The molecule has 142 valence electrons. The number of amides is 1. The van der Waals surface area contributed by atoms with Crippen molar-refractivity contribution in [3.8, 4) is 5.75 Å². The van der Waals surface area contributed by atoms with Gasteiger partial charge in [0, 0.05) is 18.1 Å². The maximum absolute atomic E-state index is 12.3. The van der Waals surface area contributed by atoms with E-state index < -0.39 is 34.7 Å². The van der Waals surface area contributed by atoms with Gasteiger partial charge < -0.3 is 14.6 Å². The first kappa shape index (κ1) is 19.5. The van der Waals surface area contributed by atoms with Gasteiger partial charge in [-0.2, -0.15) is 0 Å². The number of benzene rings is 1. The van der Waals surface area contributed by atoms with Gasteiger partial charge in [-0.25, -0.2) is 9.59 Å². The number of likely N-dealkylation sites (tertiary alicyclic amines) is 1. The maximum atomic E-state index is 12.3. The van der Waals surface area contributed by atoms with Crippen molar-refractivity contribution >= 4 is 17.7 Å². The number of hydrogen-bond donors (Lipinski definition) is 1. The molecule has 1 aliphatic rings. The van der Waals surface area contributed by atoms with Crippen molar-refractivity contribution in [2.24, 2.45) is 0 Å². The van der Waals surface area contributed by atoms with Gasteiger partial charge in [0.25, 0.3) is 5.69 Å². The van der Waals surface area contributed by atoms with Gasteiger partial charge in [0.05, 0.1) is 11.5 Å². The number of aliphatic carboxylic acids is 1. The van der Waals surface area contributed by atoms with Gasteiger partial charge in [-0.1, -0.05) is 0 Å². The van der Waals surface area contributed by atoms with Crippen LogP contribution in [0.3, 0.4) is 0 Å². The van der Waals surface area contributed by atoms with Crippen molar-refractivity contribution in [3.63, 3.8) is 0 Å². The summed E-state index contributed by atoms with van der Waals surface area (Å²) in [5.74, 6) is -0.755. The molecule has 1 amide bonds. The topological polar surface area (TPSA) is 119 Å². The number of carbonyl (C=O) groups is 2. The Morgan fingerprint density at radius 1 is 1.35 bits per heavy atom. The number of rotatable bonds is 4. The molecule has 2 rings (SSSR count). The molecular weight excluding hydrogens is 344 g/mol.